The highest BCUT2D eigenvalue weighted by atomic mass is 19.1. The van der Waals surface area contributed by atoms with E-state index in [2.05, 4.69) is 10.3 Å². The van der Waals surface area contributed by atoms with Crippen LogP contribution in [0.5, 0.6) is 0 Å². The molecule has 1 aromatic carbocycles. The van der Waals surface area contributed by atoms with Crippen LogP contribution in [-0.4, -0.2) is 10.9 Å². The van der Waals surface area contributed by atoms with E-state index >= 15 is 0 Å². The number of nitrogens with one attached hydrogen (secondary N) is 1. The number of oxazole rings is 1. The first-order chi connectivity index (χ1) is 9.47. The van der Waals surface area contributed by atoms with Crippen LogP contribution in [0.3, 0.4) is 0 Å². The van der Waals surface area contributed by atoms with Crippen molar-refractivity contribution in [2.24, 2.45) is 5.73 Å². The summed E-state index contributed by atoms with van der Waals surface area (Å²) in [5.41, 5.74) is 5.79. The molecule has 0 radical (unpaired) electrons. The van der Waals surface area contributed by atoms with Crippen LogP contribution in [0.2, 0.25) is 0 Å². The van der Waals surface area contributed by atoms with E-state index in [0.29, 0.717) is 0 Å². The molecule has 106 valence electrons. The minimum absolute atomic E-state index is 0.0554. The normalized spacial score (nSPS) is 12.2. The molecule has 1 aromatic heterocycles. The molecule has 0 aliphatic rings. The predicted octanol–water partition coefficient (Wildman–Crippen LogP) is 1.90. The van der Waals surface area contributed by atoms with Gasteiger partial charge in [0.05, 0.1) is 6.04 Å². The van der Waals surface area contributed by atoms with Crippen molar-refractivity contribution in [1.82, 2.24) is 10.3 Å². The van der Waals surface area contributed by atoms with Crippen LogP contribution in [0.1, 0.15) is 34.9 Å². The van der Waals surface area contributed by atoms with Gasteiger partial charge in [-0.05, 0) is 13.0 Å². The zero-order chi connectivity index (χ0) is 14.7. The molecule has 0 aliphatic carbocycles. The second kappa shape index (κ2) is 5.79. The highest BCUT2D eigenvalue weighted by molar-refractivity contribution is 5.91. The summed E-state index contributed by atoms with van der Waals surface area (Å²) in [6.07, 6.45) is 1.18. The van der Waals surface area contributed by atoms with Gasteiger partial charge in [-0.3, -0.25) is 4.79 Å². The summed E-state index contributed by atoms with van der Waals surface area (Å²) in [5, 5.41) is 2.46. The van der Waals surface area contributed by atoms with E-state index in [9.17, 15) is 13.6 Å². The highest BCUT2D eigenvalue weighted by Gasteiger charge is 2.14. The average molecular weight is 281 g/mol. The zero-order valence-corrected chi connectivity index (χ0v) is 10.7. The van der Waals surface area contributed by atoms with Gasteiger partial charge in [-0.2, -0.15) is 0 Å². The Kier molecular flexibility index (Phi) is 4.09. The van der Waals surface area contributed by atoms with Crippen molar-refractivity contribution >= 4 is 5.91 Å². The predicted molar refractivity (Wildman–Crippen MR) is 66.6 cm³/mol. The Morgan fingerprint density at radius 3 is 2.85 bits per heavy atom. The third-order valence-corrected chi connectivity index (χ3v) is 2.60. The lowest BCUT2D eigenvalue weighted by Gasteiger charge is -2.04. The van der Waals surface area contributed by atoms with E-state index in [1.165, 1.54) is 12.3 Å². The van der Waals surface area contributed by atoms with Gasteiger partial charge in [0.15, 0.2) is 5.69 Å². The Balaban J connectivity index is 2.01. The third-order valence-electron chi connectivity index (χ3n) is 2.60. The Labute approximate surface area is 113 Å². The molecule has 0 saturated heterocycles. The fourth-order valence-electron chi connectivity index (χ4n) is 1.53. The lowest BCUT2D eigenvalue weighted by molar-refractivity contribution is 0.0945. The molecule has 1 amide bonds. The molecule has 5 nitrogen and oxygen atoms in total. The average Bonchev–Trinajstić information content (AvgIpc) is 2.87. The summed E-state index contributed by atoms with van der Waals surface area (Å²) < 4.78 is 31.1. The molecule has 0 aliphatic heterocycles. The summed E-state index contributed by atoms with van der Waals surface area (Å²) in [6, 6.07) is 2.72. The van der Waals surface area contributed by atoms with E-state index in [4.69, 9.17) is 10.2 Å². The van der Waals surface area contributed by atoms with Crippen LogP contribution in [0.4, 0.5) is 8.78 Å². The van der Waals surface area contributed by atoms with Gasteiger partial charge in [-0.15, -0.1) is 0 Å². The smallest absolute Gasteiger partial charge is 0.273 e. The molecule has 7 heteroatoms. The number of rotatable bonds is 4. The molecule has 3 N–H and O–H groups in total. The van der Waals surface area contributed by atoms with Crippen LogP contribution >= 0.6 is 0 Å². The van der Waals surface area contributed by atoms with Gasteiger partial charge in [0.1, 0.15) is 17.9 Å². The summed E-state index contributed by atoms with van der Waals surface area (Å²) >= 11 is 0. The van der Waals surface area contributed by atoms with E-state index < -0.39 is 23.6 Å². The maximum Gasteiger partial charge on any atom is 0.273 e. The molecule has 2 aromatic rings. The standard InChI is InChI=1S/C13H13F2N3O2/c1-7(16)13-18-11(6-20-13)12(19)17-5-8-2-3-9(14)4-10(8)15/h2-4,6-7H,5,16H2,1H3,(H,17,19). The van der Waals surface area contributed by atoms with E-state index in [1.807, 2.05) is 0 Å². The number of hydrogen-bond acceptors (Lipinski definition) is 4. The summed E-state index contributed by atoms with van der Waals surface area (Å²) in [7, 11) is 0. The number of nitrogens with zero attached hydrogens (tertiary/aromatic N) is 1. The first-order valence-corrected chi connectivity index (χ1v) is 5.90. The summed E-state index contributed by atoms with van der Waals surface area (Å²) in [6.45, 7) is 1.59. The van der Waals surface area contributed by atoms with Crippen molar-refractivity contribution in [2.75, 3.05) is 0 Å². The maximum atomic E-state index is 13.4. The third kappa shape index (κ3) is 3.18. The van der Waals surface area contributed by atoms with Gasteiger partial charge < -0.3 is 15.5 Å². The molecular weight excluding hydrogens is 268 g/mol. The minimum atomic E-state index is -0.721. The maximum absolute atomic E-state index is 13.4. The Morgan fingerprint density at radius 2 is 2.25 bits per heavy atom. The van der Waals surface area contributed by atoms with E-state index in [0.717, 1.165) is 12.1 Å². The van der Waals surface area contributed by atoms with Crippen LogP contribution in [-0.2, 0) is 6.54 Å². The van der Waals surface area contributed by atoms with Gasteiger partial charge in [-0.1, -0.05) is 6.07 Å². The minimum Gasteiger partial charge on any atom is -0.446 e. The van der Waals surface area contributed by atoms with Gasteiger partial charge in [-0.25, -0.2) is 13.8 Å². The molecule has 1 heterocycles. The van der Waals surface area contributed by atoms with Crippen LogP contribution in [0.25, 0.3) is 0 Å². The van der Waals surface area contributed by atoms with E-state index in [-0.39, 0.29) is 23.7 Å². The van der Waals surface area contributed by atoms with Crippen molar-refractivity contribution in [3.05, 3.63) is 53.2 Å². The van der Waals surface area contributed by atoms with Gasteiger partial charge in [0.25, 0.3) is 5.91 Å². The number of carbonyl (C=O) groups excluding carboxylic acids is 1. The molecule has 0 saturated carbocycles. The molecular formula is C13H13F2N3O2. The van der Waals surface area contributed by atoms with Crippen LogP contribution in [0, 0.1) is 11.6 Å². The second-order valence-corrected chi connectivity index (χ2v) is 4.28. The fraction of sp³-hybridized carbons (Fsp3) is 0.231. The molecule has 2 rings (SSSR count). The van der Waals surface area contributed by atoms with Crippen molar-refractivity contribution < 1.29 is 18.0 Å². The van der Waals surface area contributed by atoms with Crippen molar-refractivity contribution in [2.45, 2.75) is 19.5 Å². The zero-order valence-electron chi connectivity index (χ0n) is 10.7. The molecule has 1 unspecified atom stereocenters. The van der Waals surface area contributed by atoms with E-state index in [1.54, 1.807) is 6.92 Å². The van der Waals surface area contributed by atoms with Crippen LogP contribution in [0.15, 0.2) is 28.9 Å². The number of carbonyl (C=O) groups is 1. The summed E-state index contributed by atoms with van der Waals surface area (Å²) in [5.74, 6) is -1.68. The number of benzene rings is 1. The fourth-order valence-corrected chi connectivity index (χ4v) is 1.53. The number of halogens is 2. The highest BCUT2D eigenvalue weighted by Crippen LogP contribution is 2.11. The van der Waals surface area contributed by atoms with Gasteiger partial charge in [0, 0.05) is 18.2 Å². The van der Waals surface area contributed by atoms with Gasteiger partial charge in [0.2, 0.25) is 5.89 Å². The Hall–Kier alpha value is -2.28. The number of nitrogens with two attached hydrogens (primary N) is 1. The number of amides is 1. The van der Waals surface area contributed by atoms with Crippen molar-refractivity contribution in [3.8, 4) is 0 Å². The van der Waals surface area contributed by atoms with Crippen molar-refractivity contribution in [1.29, 1.82) is 0 Å². The SMILES string of the molecule is CC(N)c1nc(C(=O)NCc2ccc(F)cc2F)co1. The quantitative estimate of drug-likeness (QED) is 0.896. The lowest BCUT2D eigenvalue weighted by atomic mass is 10.2. The van der Waals surface area contributed by atoms with Crippen molar-refractivity contribution in [3.63, 3.8) is 0 Å². The topological polar surface area (TPSA) is 81.1 Å². The number of aromatic nitrogens is 1. The summed E-state index contributed by atoms with van der Waals surface area (Å²) in [4.78, 5) is 15.7. The Morgan fingerprint density at radius 1 is 1.50 bits per heavy atom. The number of hydrogen-bond donors (Lipinski definition) is 2. The first kappa shape index (κ1) is 14.1. The second-order valence-electron chi connectivity index (χ2n) is 4.28. The molecule has 0 bridgehead atoms. The largest absolute Gasteiger partial charge is 0.446 e. The molecule has 20 heavy (non-hydrogen) atoms. The first-order valence-electron chi connectivity index (χ1n) is 5.90. The lowest BCUT2D eigenvalue weighted by Crippen LogP contribution is -2.23. The molecule has 1 atom stereocenters. The van der Waals surface area contributed by atoms with Gasteiger partial charge >= 0.3 is 0 Å². The monoisotopic (exact) mass is 281 g/mol. The Bertz CT molecular complexity index is 626. The van der Waals surface area contributed by atoms with Crippen LogP contribution < -0.4 is 11.1 Å². The molecule has 0 spiro atoms. The molecule has 0 fully saturated rings.